The molecule has 0 spiro atoms. The highest BCUT2D eigenvalue weighted by atomic mass is 19.4. The molecule has 0 amide bonds. The monoisotopic (exact) mass is 273 g/mol. The van der Waals surface area contributed by atoms with E-state index in [9.17, 15) is 18.0 Å². The molecule has 1 aliphatic rings. The fraction of sp³-hybridized carbons (Fsp3) is 0.462. The van der Waals surface area contributed by atoms with Gasteiger partial charge in [0.25, 0.3) is 0 Å². The van der Waals surface area contributed by atoms with E-state index >= 15 is 0 Å². The molecular weight excluding hydrogens is 259 g/mol. The molecule has 0 saturated carbocycles. The summed E-state index contributed by atoms with van der Waals surface area (Å²) in [5.74, 6) is -0.370. The quantitative estimate of drug-likeness (QED) is 0.861. The molecular formula is C13H14F3NO2. The van der Waals surface area contributed by atoms with Crippen LogP contribution in [0.3, 0.4) is 0 Å². The van der Waals surface area contributed by atoms with Crippen LogP contribution in [0.5, 0.6) is 5.75 Å². The summed E-state index contributed by atoms with van der Waals surface area (Å²) in [6.45, 7) is 1.59. The second kappa shape index (κ2) is 5.61. The first-order valence-electron chi connectivity index (χ1n) is 6.06. The molecule has 1 fully saturated rings. The molecule has 0 radical (unpaired) electrons. The van der Waals surface area contributed by atoms with Crippen molar-refractivity contribution in [1.82, 2.24) is 5.32 Å². The van der Waals surface area contributed by atoms with Crippen molar-refractivity contribution in [2.45, 2.75) is 19.2 Å². The van der Waals surface area contributed by atoms with Crippen LogP contribution in [0.1, 0.15) is 23.2 Å². The van der Waals surface area contributed by atoms with E-state index in [4.69, 9.17) is 0 Å². The van der Waals surface area contributed by atoms with E-state index in [1.807, 2.05) is 0 Å². The maximum Gasteiger partial charge on any atom is 0.573 e. The summed E-state index contributed by atoms with van der Waals surface area (Å²) < 4.78 is 39.7. The predicted molar refractivity (Wildman–Crippen MR) is 63.0 cm³/mol. The molecule has 1 N–H and O–H groups in total. The number of carbonyl (C=O) groups excluding carboxylic acids is 1. The lowest BCUT2D eigenvalue weighted by atomic mass is 9.90. The highest BCUT2D eigenvalue weighted by Gasteiger charge is 2.31. The van der Waals surface area contributed by atoms with Gasteiger partial charge in [0, 0.05) is 11.5 Å². The summed E-state index contributed by atoms with van der Waals surface area (Å²) in [5, 5.41) is 3.16. The van der Waals surface area contributed by atoms with Crippen molar-refractivity contribution in [3.8, 4) is 5.75 Å². The molecule has 3 nitrogen and oxygen atoms in total. The van der Waals surface area contributed by atoms with E-state index in [-0.39, 0.29) is 17.5 Å². The Morgan fingerprint density at radius 3 is 2.26 bits per heavy atom. The Kier molecular flexibility index (Phi) is 4.09. The van der Waals surface area contributed by atoms with Crippen molar-refractivity contribution >= 4 is 5.78 Å². The predicted octanol–water partition coefficient (Wildman–Crippen LogP) is 2.77. The molecule has 0 unspecified atom stereocenters. The number of carbonyl (C=O) groups is 1. The third-order valence-corrected chi connectivity index (χ3v) is 3.08. The average Bonchev–Trinajstić information content (AvgIpc) is 2.38. The molecule has 6 heteroatoms. The number of benzene rings is 1. The van der Waals surface area contributed by atoms with Gasteiger partial charge < -0.3 is 10.1 Å². The minimum atomic E-state index is -4.71. The number of piperidine rings is 1. The number of halogens is 3. The van der Waals surface area contributed by atoms with Crippen LogP contribution in [0.2, 0.25) is 0 Å². The van der Waals surface area contributed by atoms with Crippen molar-refractivity contribution in [3.63, 3.8) is 0 Å². The SMILES string of the molecule is O=C(c1ccc(OC(F)(F)F)cc1)C1CCNCC1. The van der Waals surface area contributed by atoms with Crippen molar-refractivity contribution in [2.24, 2.45) is 5.92 Å². The zero-order chi connectivity index (χ0) is 13.9. The summed E-state index contributed by atoms with van der Waals surface area (Å²) in [6, 6.07) is 5.10. The van der Waals surface area contributed by atoms with Crippen LogP contribution in [-0.4, -0.2) is 25.2 Å². The molecule has 1 aromatic rings. The summed E-state index contributed by atoms with van der Waals surface area (Å²) in [4.78, 5) is 12.1. The van der Waals surface area contributed by atoms with Crippen LogP contribution in [0.25, 0.3) is 0 Å². The summed E-state index contributed by atoms with van der Waals surface area (Å²) in [6.07, 6.45) is -3.18. The fourth-order valence-electron chi connectivity index (χ4n) is 2.14. The molecule has 2 rings (SSSR count). The van der Waals surface area contributed by atoms with Crippen LogP contribution in [-0.2, 0) is 0 Å². The Morgan fingerprint density at radius 2 is 1.74 bits per heavy atom. The van der Waals surface area contributed by atoms with Gasteiger partial charge in [0.1, 0.15) is 5.75 Å². The molecule has 0 aromatic heterocycles. The normalized spacial score (nSPS) is 17.2. The molecule has 19 heavy (non-hydrogen) atoms. The molecule has 0 bridgehead atoms. The van der Waals surface area contributed by atoms with Gasteiger partial charge in [0.2, 0.25) is 0 Å². The Labute approximate surface area is 108 Å². The lowest BCUT2D eigenvalue weighted by molar-refractivity contribution is -0.274. The van der Waals surface area contributed by atoms with E-state index in [1.54, 1.807) is 0 Å². The molecule has 1 heterocycles. The number of ketones is 1. The van der Waals surface area contributed by atoms with E-state index in [0.717, 1.165) is 25.9 Å². The Hall–Kier alpha value is -1.56. The molecule has 1 aromatic carbocycles. The smallest absolute Gasteiger partial charge is 0.406 e. The van der Waals surface area contributed by atoms with Crippen molar-refractivity contribution in [2.75, 3.05) is 13.1 Å². The van der Waals surface area contributed by atoms with Crippen LogP contribution in [0.4, 0.5) is 13.2 Å². The van der Waals surface area contributed by atoms with E-state index in [1.165, 1.54) is 24.3 Å². The van der Waals surface area contributed by atoms with E-state index in [2.05, 4.69) is 10.1 Å². The maximum absolute atomic E-state index is 12.1. The van der Waals surface area contributed by atoms with Crippen molar-refractivity contribution in [1.29, 1.82) is 0 Å². The van der Waals surface area contributed by atoms with E-state index < -0.39 is 6.36 Å². The molecule has 0 aliphatic carbocycles. The number of Topliss-reactive ketones (excluding diaryl/α,β-unsaturated/α-hetero) is 1. The zero-order valence-corrected chi connectivity index (χ0v) is 10.2. The number of nitrogens with one attached hydrogen (secondary N) is 1. The lowest BCUT2D eigenvalue weighted by Crippen LogP contribution is -2.31. The zero-order valence-electron chi connectivity index (χ0n) is 10.2. The largest absolute Gasteiger partial charge is 0.573 e. The summed E-state index contributed by atoms with van der Waals surface area (Å²) in [7, 11) is 0. The van der Waals surface area contributed by atoms with Crippen LogP contribution < -0.4 is 10.1 Å². The van der Waals surface area contributed by atoms with Gasteiger partial charge in [-0.15, -0.1) is 13.2 Å². The summed E-state index contributed by atoms with van der Waals surface area (Å²) >= 11 is 0. The van der Waals surface area contributed by atoms with Crippen molar-refractivity contribution < 1.29 is 22.7 Å². The second-order valence-corrected chi connectivity index (χ2v) is 4.46. The first-order chi connectivity index (χ1) is 8.96. The molecule has 1 aliphatic heterocycles. The van der Waals surface area contributed by atoms with Gasteiger partial charge in [-0.25, -0.2) is 0 Å². The van der Waals surface area contributed by atoms with Gasteiger partial charge in [-0.1, -0.05) is 0 Å². The Morgan fingerprint density at radius 1 is 1.16 bits per heavy atom. The highest BCUT2D eigenvalue weighted by Crippen LogP contribution is 2.24. The maximum atomic E-state index is 12.1. The van der Waals surface area contributed by atoms with Gasteiger partial charge in [0.15, 0.2) is 5.78 Å². The number of hydrogen-bond donors (Lipinski definition) is 1. The van der Waals surface area contributed by atoms with Crippen molar-refractivity contribution in [3.05, 3.63) is 29.8 Å². The van der Waals surface area contributed by atoms with Gasteiger partial charge in [0.05, 0.1) is 0 Å². The third-order valence-electron chi connectivity index (χ3n) is 3.08. The minimum Gasteiger partial charge on any atom is -0.406 e. The number of alkyl halides is 3. The first-order valence-corrected chi connectivity index (χ1v) is 6.06. The van der Waals surface area contributed by atoms with Gasteiger partial charge in [-0.05, 0) is 50.2 Å². The van der Waals surface area contributed by atoms with Gasteiger partial charge in [-0.3, -0.25) is 4.79 Å². The first kappa shape index (κ1) is 13.9. The van der Waals surface area contributed by atoms with E-state index in [0.29, 0.717) is 5.56 Å². The molecule has 104 valence electrons. The molecule has 1 saturated heterocycles. The van der Waals surface area contributed by atoms with Crippen LogP contribution in [0, 0.1) is 5.92 Å². The number of hydrogen-bond acceptors (Lipinski definition) is 3. The second-order valence-electron chi connectivity index (χ2n) is 4.46. The Bertz CT molecular complexity index is 436. The average molecular weight is 273 g/mol. The Balaban J connectivity index is 2.03. The molecule has 0 atom stereocenters. The van der Waals surface area contributed by atoms with Crippen LogP contribution in [0.15, 0.2) is 24.3 Å². The minimum absolute atomic E-state index is 0.0138. The van der Waals surface area contributed by atoms with Gasteiger partial charge in [-0.2, -0.15) is 0 Å². The highest BCUT2D eigenvalue weighted by molar-refractivity contribution is 5.98. The standard InChI is InChI=1S/C13H14F3NO2/c14-13(15,16)19-11-3-1-9(2-4-11)12(18)10-5-7-17-8-6-10/h1-4,10,17H,5-8H2. The van der Waals surface area contributed by atoms with Gasteiger partial charge >= 0.3 is 6.36 Å². The number of ether oxygens (including phenoxy) is 1. The third kappa shape index (κ3) is 3.96. The lowest BCUT2D eigenvalue weighted by Gasteiger charge is -2.21. The number of rotatable bonds is 3. The topological polar surface area (TPSA) is 38.3 Å². The summed E-state index contributed by atoms with van der Waals surface area (Å²) in [5.41, 5.74) is 0.432. The van der Waals surface area contributed by atoms with Crippen LogP contribution >= 0.6 is 0 Å². The fourth-order valence-corrected chi connectivity index (χ4v) is 2.14.